The van der Waals surface area contributed by atoms with Gasteiger partial charge in [-0.3, -0.25) is 15.0 Å². The van der Waals surface area contributed by atoms with Gasteiger partial charge in [-0.05, 0) is 55.8 Å². The lowest BCUT2D eigenvalue weighted by atomic mass is 10.2. The van der Waals surface area contributed by atoms with Crippen LogP contribution in [0.15, 0.2) is 47.1 Å². The van der Waals surface area contributed by atoms with Gasteiger partial charge in [0.05, 0.1) is 13.1 Å². The minimum absolute atomic E-state index is 0.194. The number of likely N-dealkylation sites (tertiary alicyclic amines) is 1. The largest absolute Gasteiger partial charge is 0.455 e. The quantitative estimate of drug-likeness (QED) is 0.723. The smallest absolute Gasteiger partial charge is 0.293 e. The highest BCUT2D eigenvalue weighted by Crippen LogP contribution is 2.16. The molecule has 1 N–H and O–H groups in total. The van der Waals surface area contributed by atoms with E-state index in [2.05, 4.69) is 20.3 Å². The van der Waals surface area contributed by atoms with Gasteiger partial charge >= 0.3 is 0 Å². The average Bonchev–Trinajstić information content (AvgIpc) is 3.40. The van der Waals surface area contributed by atoms with Crippen molar-refractivity contribution in [2.24, 2.45) is 0 Å². The van der Waals surface area contributed by atoms with Gasteiger partial charge in [0.1, 0.15) is 17.9 Å². The van der Waals surface area contributed by atoms with Crippen molar-refractivity contribution < 1.29 is 13.6 Å². The van der Waals surface area contributed by atoms with Gasteiger partial charge in [-0.1, -0.05) is 12.1 Å². The van der Waals surface area contributed by atoms with Crippen LogP contribution < -0.4 is 5.32 Å². The number of aromatic nitrogens is 3. The second kappa shape index (κ2) is 7.71. The summed E-state index contributed by atoms with van der Waals surface area (Å²) in [4.78, 5) is 18.7. The highest BCUT2D eigenvalue weighted by Gasteiger charge is 2.17. The first-order valence-electron chi connectivity index (χ1n) is 8.92. The molecule has 0 radical (unpaired) electrons. The van der Waals surface area contributed by atoms with Crippen molar-refractivity contribution in [2.75, 3.05) is 18.4 Å². The van der Waals surface area contributed by atoms with Crippen LogP contribution in [0.1, 0.15) is 34.7 Å². The first-order chi connectivity index (χ1) is 13.2. The van der Waals surface area contributed by atoms with E-state index in [1.807, 2.05) is 6.07 Å². The molecule has 0 saturated carbocycles. The third-order valence-electron chi connectivity index (χ3n) is 4.48. The normalized spacial score (nSPS) is 14.6. The van der Waals surface area contributed by atoms with E-state index in [9.17, 15) is 9.18 Å². The first kappa shape index (κ1) is 17.4. The summed E-state index contributed by atoms with van der Waals surface area (Å²) in [6, 6.07) is 9.64. The Labute approximate surface area is 155 Å². The van der Waals surface area contributed by atoms with E-state index >= 15 is 0 Å². The molecule has 3 aromatic rings. The molecule has 1 aromatic carbocycles. The Morgan fingerprint density at radius 1 is 1.11 bits per heavy atom. The molecule has 0 spiro atoms. The molecular formula is C19H20FN5O2. The summed E-state index contributed by atoms with van der Waals surface area (Å²) in [7, 11) is 0. The molecule has 7 nitrogen and oxygen atoms in total. The minimum atomic E-state index is -0.387. The molecule has 1 amide bonds. The van der Waals surface area contributed by atoms with E-state index < -0.39 is 0 Å². The zero-order valence-electron chi connectivity index (χ0n) is 14.8. The van der Waals surface area contributed by atoms with Gasteiger partial charge < -0.3 is 4.42 Å². The summed E-state index contributed by atoms with van der Waals surface area (Å²) >= 11 is 0. The number of rotatable bonds is 6. The van der Waals surface area contributed by atoms with Crippen LogP contribution in [-0.4, -0.2) is 38.7 Å². The van der Waals surface area contributed by atoms with Crippen LogP contribution in [0.25, 0.3) is 0 Å². The third-order valence-corrected chi connectivity index (χ3v) is 4.48. The summed E-state index contributed by atoms with van der Waals surface area (Å²) < 4.78 is 20.2. The van der Waals surface area contributed by atoms with Gasteiger partial charge in [0.25, 0.3) is 5.91 Å². The predicted molar refractivity (Wildman–Crippen MR) is 96.7 cm³/mol. The molecule has 27 heavy (non-hydrogen) atoms. The van der Waals surface area contributed by atoms with Gasteiger partial charge in [-0.2, -0.15) is 0 Å². The molecule has 1 aliphatic rings. The number of anilines is 1. The topological polar surface area (TPSA) is 76.2 Å². The van der Waals surface area contributed by atoms with Crippen molar-refractivity contribution in [3.05, 3.63) is 65.6 Å². The Bertz CT molecular complexity index is 912. The van der Waals surface area contributed by atoms with Crippen molar-refractivity contribution in [1.82, 2.24) is 19.7 Å². The molecule has 3 heterocycles. The summed E-state index contributed by atoms with van der Waals surface area (Å²) in [6.45, 7) is 3.29. The van der Waals surface area contributed by atoms with Crippen LogP contribution in [0.2, 0.25) is 0 Å². The van der Waals surface area contributed by atoms with Crippen LogP contribution in [0.4, 0.5) is 10.3 Å². The van der Waals surface area contributed by atoms with Gasteiger partial charge in [0.15, 0.2) is 5.76 Å². The van der Waals surface area contributed by atoms with Crippen LogP contribution in [0.5, 0.6) is 0 Å². The molecule has 0 atom stereocenters. The zero-order chi connectivity index (χ0) is 18.6. The Morgan fingerprint density at radius 2 is 1.89 bits per heavy atom. The molecule has 0 aliphatic carbocycles. The van der Waals surface area contributed by atoms with Crippen molar-refractivity contribution in [3.8, 4) is 0 Å². The molecule has 1 saturated heterocycles. The fourth-order valence-electron chi connectivity index (χ4n) is 3.11. The molecule has 140 valence electrons. The predicted octanol–water partition coefficient (Wildman–Crippen LogP) is 2.91. The number of hydrogen-bond donors (Lipinski definition) is 1. The molecule has 0 unspecified atom stereocenters. The molecule has 2 aromatic heterocycles. The maximum Gasteiger partial charge on any atom is 0.293 e. The number of nitrogens with one attached hydrogen (secondary N) is 1. The van der Waals surface area contributed by atoms with Crippen molar-refractivity contribution in [1.29, 1.82) is 0 Å². The molecule has 8 heteroatoms. The SMILES string of the molecule is O=C(Nc1ncn(Cc2ccc(F)cc2)n1)c1ccc(CN2CCCC2)o1. The fraction of sp³-hybridized carbons (Fsp3) is 0.316. The summed E-state index contributed by atoms with van der Waals surface area (Å²) in [5, 5.41) is 6.84. The van der Waals surface area contributed by atoms with Crippen molar-refractivity contribution >= 4 is 11.9 Å². The molecular weight excluding hydrogens is 349 g/mol. The second-order valence-electron chi connectivity index (χ2n) is 6.60. The van der Waals surface area contributed by atoms with Gasteiger partial charge in [-0.15, -0.1) is 5.10 Å². The van der Waals surface area contributed by atoms with Crippen LogP contribution in [0, 0.1) is 5.82 Å². The lowest BCUT2D eigenvalue weighted by Crippen LogP contribution is -2.18. The van der Waals surface area contributed by atoms with E-state index in [4.69, 9.17) is 4.42 Å². The second-order valence-corrected chi connectivity index (χ2v) is 6.60. The zero-order valence-corrected chi connectivity index (χ0v) is 14.8. The number of carbonyl (C=O) groups excluding carboxylic acids is 1. The standard InChI is InChI=1S/C19H20FN5O2/c20-15-5-3-14(4-6-15)11-25-13-21-19(23-25)22-18(26)17-8-7-16(27-17)12-24-9-1-2-10-24/h3-8,13H,1-2,9-12H2,(H,22,23,26). The van der Waals surface area contributed by atoms with E-state index in [-0.39, 0.29) is 23.4 Å². The average molecular weight is 369 g/mol. The monoisotopic (exact) mass is 369 g/mol. The minimum Gasteiger partial charge on any atom is -0.455 e. The van der Waals surface area contributed by atoms with E-state index in [0.717, 1.165) is 31.0 Å². The molecule has 4 rings (SSSR count). The van der Waals surface area contributed by atoms with Crippen LogP contribution in [-0.2, 0) is 13.1 Å². The summed E-state index contributed by atoms with van der Waals surface area (Å²) in [5.74, 6) is 0.533. The lowest BCUT2D eigenvalue weighted by molar-refractivity contribution is 0.0992. The summed E-state index contributed by atoms with van der Waals surface area (Å²) in [6.07, 6.45) is 3.93. The van der Waals surface area contributed by atoms with Gasteiger partial charge in [0, 0.05) is 0 Å². The van der Waals surface area contributed by atoms with Crippen LogP contribution >= 0.6 is 0 Å². The number of benzene rings is 1. The van der Waals surface area contributed by atoms with Crippen LogP contribution in [0.3, 0.4) is 0 Å². The van der Waals surface area contributed by atoms with E-state index in [1.165, 1.54) is 31.3 Å². The third kappa shape index (κ3) is 4.40. The molecule has 1 aliphatic heterocycles. The Balaban J connectivity index is 1.35. The molecule has 0 bridgehead atoms. The fourth-order valence-corrected chi connectivity index (χ4v) is 3.11. The lowest BCUT2D eigenvalue weighted by Gasteiger charge is -2.11. The highest BCUT2D eigenvalue weighted by atomic mass is 19.1. The van der Waals surface area contributed by atoms with Gasteiger partial charge in [-0.25, -0.2) is 14.1 Å². The number of carbonyl (C=O) groups is 1. The van der Waals surface area contributed by atoms with Gasteiger partial charge in [0.2, 0.25) is 5.95 Å². The maximum atomic E-state index is 13.0. The Morgan fingerprint density at radius 3 is 2.67 bits per heavy atom. The number of hydrogen-bond acceptors (Lipinski definition) is 5. The number of nitrogens with zero attached hydrogens (tertiary/aromatic N) is 4. The van der Waals surface area contributed by atoms with E-state index in [1.54, 1.807) is 22.9 Å². The van der Waals surface area contributed by atoms with Crippen molar-refractivity contribution in [3.63, 3.8) is 0 Å². The maximum absolute atomic E-state index is 13.0. The Kier molecular flexibility index (Phi) is 4.97. The Hall–Kier alpha value is -3.00. The highest BCUT2D eigenvalue weighted by molar-refractivity contribution is 6.01. The number of halogens is 1. The van der Waals surface area contributed by atoms with E-state index in [0.29, 0.717) is 6.54 Å². The summed E-state index contributed by atoms with van der Waals surface area (Å²) in [5.41, 5.74) is 0.886. The van der Waals surface area contributed by atoms with Crippen molar-refractivity contribution in [2.45, 2.75) is 25.9 Å². The number of furan rings is 1. The number of amides is 1. The first-order valence-corrected chi connectivity index (χ1v) is 8.92. The molecule has 1 fully saturated rings.